The summed E-state index contributed by atoms with van der Waals surface area (Å²) in [6.07, 6.45) is 2.48. The number of rotatable bonds is 6. The Kier molecular flexibility index (Phi) is 6.73. The fourth-order valence-electron chi connectivity index (χ4n) is 4.36. The van der Waals surface area contributed by atoms with Crippen molar-refractivity contribution in [1.82, 2.24) is 20.0 Å². The number of benzene rings is 2. The zero-order valence-corrected chi connectivity index (χ0v) is 18.9. The number of halogens is 1. The van der Waals surface area contributed by atoms with Crippen molar-refractivity contribution in [2.45, 2.75) is 45.7 Å². The number of carbonyl (C=O) groups is 1. The molecule has 0 radical (unpaired) electrons. The van der Waals surface area contributed by atoms with Crippen LogP contribution in [0.15, 0.2) is 54.6 Å². The third-order valence-corrected chi connectivity index (χ3v) is 6.22. The van der Waals surface area contributed by atoms with Gasteiger partial charge in [-0.1, -0.05) is 41.9 Å². The van der Waals surface area contributed by atoms with Crippen LogP contribution in [-0.4, -0.2) is 39.7 Å². The quantitative estimate of drug-likeness (QED) is 0.620. The summed E-state index contributed by atoms with van der Waals surface area (Å²) in [7, 11) is 0. The lowest BCUT2D eigenvalue weighted by Crippen LogP contribution is -2.47. The number of likely N-dealkylation sites (tertiary alicyclic amines) is 1. The Bertz CT molecular complexity index is 1030. The summed E-state index contributed by atoms with van der Waals surface area (Å²) in [5, 5.41) is 8.61. The molecule has 0 saturated carbocycles. The van der Waals surface area contributed by atoms with E-state index in [1.165, 1.54) is 5.56 Å². The number of aromatic nitrogens is 2. The van der Waals surface area contributed by atoms with Crippen LogP contribution >= 0.6 is 11.6 Å². The van der Waals surface area contributed by atoms with Gasteiger partial charge in [-0.05, 0) is 63.1 Å². The number of amides is 1. The summed E-state index contributed by atoms with van der Waals surface area (Å²) < 4.78 is 1.89. The first-order chi connectivity index (χ1) is 15.0. The lowest BCUT2D eigenvalue weighted by molar-refractivity contribution is -0.121. The highest BCUT2D eigenvalue weighted by atomic mass is 35.5. The van der Waals surface area contributed by atoms with E-state index in [2.05, 4.69) is 39.6 Å². The van der Waals surface area contributed by atoms with Crippen molar-refractivity contribution in [3.63, 3.8) is 0 Å². The Morgan fingerprint density at radius 3 is 2.61 bits per heavy atom. The summed E-state index contributed by atoms with van der Waals surface area (Å²) in [5.41, 5.74) is 5.13. The standard InChI is InChI=1S/C25H29ClN4O/c1-18-24(19(2)30(28-18)23-12-10-21(26)11-13-23)15-25(31)27-22-9-6-14-29(17-22)16-20-7-4-3-5-8-20/h3-5,7-8,10-13,22H,6,9,14-17H2,1-2H3,(H,27,31). The van der Waals surface area contributed by atoms with Crippen LogP contribution in [0.1, 0.15) is 35.4 Å². The van der Waals surface area contributed by atoms with Crippen LogP contribution in [0.3, 0.4) is 0 Å². The predicted molar refractivity (Wildman–Crippen MR) is 125 cm³/mol. The molecule has 1 unspecified atom stereocenters. The first kappa shape index (κ1) is 21.6. The molecule has 1 saturated heterocycles. The molecule has 1 fully saturated rings. The maximum absolute atomic E-state index is 12.9. The second kappa shape index (κ2) is 9.67. The highest BCUT2D eigenvalue weighted by Gasteiger charge is 2.23. The molecular weight excluding hydrogens is 408 g/mol. The number of aryl methyl sites for hydroxylation is 1. The smallest absolute Gasteiger partial charge is 0.224 e. The van der Waals surface area contributed by atoms with Crippen molar-refractivity contribution >= 4 is 17.5 Å². The van der Waals surface area contributed by atoms with E-state index in [0.29, 0.717) is 11.4 Å². The molecule has 1 aromatic heterocycles. The Labute approximate surface area is 189 Å². The van der Waals surface area contributed by atoms with E-state index in [1.54, 1.807) is 0 Å². The molecule has 0 spiro atoms. The summed E-state index contributed by atoms with van der Waals surface area (Å²) in [6, 6.07) is 18.3. The van der Waals surface area contributed by atoms with Crippen molar-refractivity contribution in [2.75, 3.05) is 13.1 Å². The van der Waals surface area contributed by atoms with Crippen molar-refractivity contribution in [2.24, 2.45) is 0 Å². The molecule has 2 aromatic carbocycles. The summed E-state index contributed by atoms with van der Waals surface area (Å²) in [4.78, 5) is 15.3. The third kappa shape index (κ3) is 5.35. The molecule has 6 heteroatoms. The lowest BCUT2D eigenvalue weighted by atomic mass is 10.0. The van der Waals surface area contributed by atoms with E-state index in [1.807, 2.05) is 48.9 Å². The highest BCUT2D eigenvalue weighted by molar-refractivity contribution is 6.30. The van der Waals surface area contributed by atoms with Crippen LogP contribution in [0.4, 0.5) is 0 Å². The molecule has 4 rings (SSSR count). The molecule has 1 atom stereocenters. The SMILES string of the molecule is Cc1nn(-c2ccc(Cl)cc2)c(C)c1CC(=O)NC1CCCN(Cc2ccccc2)C1. The average molecular weight is 437 g/mol. The van der Waals surface area contributed by atoms with Crippen molar-refractivity contribution in [3.05, 3.63) is 82.1 Å². The third-order valence-electron chi connectivity index (χ3n) is 5.97. The molecule has 1 amide bonds. The van der Waals surface area contributed by atoms with Gasteiger partial charge < -0.3 is 5.32 Å². The minimum absolute atomic E-state index is 0.0633. The molecule has 162 valence electrons. The summed E-state index contributed by atoms with van der Waals surface area (Å²) in [5.74, 6) is 0.0633. The normalized spacial score (nSPS) is 16.9. The number of piperidine rings is 1. The zero-order valence-electron chi connectivity index (χ0n) is 18.1. The van der Waals surface area contributed by atoms with Crippen molar-refractivity contribution in [3.8, 4) is 5.69 Å². The Morgan fingerprint density at radius 1 is 1.13 bits per heavy atom. The average Bonchev–Trinajstić information content (AvgIpc) is 3.03. The zero-order chi connectivity index (χ0) is 21.8. The second-order valence-corrected chi connectivity index (χ2v) is 8.78. The molecule has 1 aliphatic heterocycles. The maximum Gasteiger partial charge on any atom is 0.224 e. The summed E-state index contributed by atoms with van der Waals surface area (Å²) >= 11 is 6.01. The number of nitrogens with zero attached hydrogens (tertiary/aromatic N) is 3. The van der Waals surface area contributed by atoms with Crippen molar-refractivity contribution in [1.29, 1.82) is 0 Å². The lowest BCUT2D eigenvalue weighted by Gasteiger charge is -2.33. The molecule has 2 heterocycles. The Balaban J connectivity index is 1.38. The van der Waals surface area contributed by atoms with Gasteiger partial charge in [-0.3, -0.25) is 9.69 Å². The molecule has 5 nitrogen and oxygen atoms in total. The van der Waals surface area contributed by atoms with Crippen LogP contribution in [0.2, 0.25) is 5.02 Å². The fraction of sp³-hybridized carbons (Fsp3) is 0.360. The monoisotopic (exact) mass is 436 g/mol. The van der Waals surface area contributed by atoms with Gasteiger partial charge in [0.15, 0.2) is 0 Å². The van der Waals surface area contributed by atoms with Crippen LogP contribution in [-0.2, 0) is 17.8 Å². The van der Waals surface area contributed by atoms with Crippen LogP contribution < -0.4 is 5.32 Å². The summed E-state index contributed by atoms with van der Waals surface area (Å²) in [6.45, 7) is 6.87. The fourth-order valence-corrected chi connectivity index (χ4v) is 4.49. The molecule has 0 aliphatic carbocycles. The second-order valence-electron chi connectivity index (χ2n) is 8.34. The minimum atomic E-state index is 0.0633. The number of hydrogen-bond donors (Lipinski definition) is 1. The van der Waals surface area contributed by atoms with Gasteiger partial charge in [0.1, 0.15) is 0 Å². The maximum atomic E-state index is 12.9. The van der Waals surface area contributed by atoms with E-state index in [0.717, 1.165) is 55.1 Å². The van der Waals surface area contributed by atoms with Gasteiger partial charge in [-0.25, -0.2) is 4.68 Å². The molecule has 1 N–H and O–H groups in total. The predicted octanol–water partition coefficient (Wildman–Crippen LogP) is 4.47. The first-order valence-corrected chi connectivity index (χ1v) is 11.2. The van der Waals surface area contributed by atoms with Gasteiger partial charge in [0.25, 0.3) is 0 Å². The molecule has 0 bridgehead atoms. The molecular formula is C25H29ClN4O. The van der Waals surface area contributed by atoms with Gasteiger partial charge in [-0.2, -0.15) is 5.10 Å². The topological polar surface area (TPSA) is 50.2 Å². The van der Waals surface area contributed by atoms with E-state index in [9.17, 15) is 4.79 Å². The van der Waals surface area contributed by atoms with Gasteiger partial charge in [0.2, 0.25) is 5.91 Å². The number of hydrogen-bond acceptors (Lipinski definition) is 3. The van der Waals surface area contributed by atoms with Crippen LogP contribution in [0.5, 0.6) is 0 Å². The van der Waals surface area contributed by atoms with Gasteiger partial charge in [0, 0.05) is 35.4 Å². The largest absolute Gasteiger partial charge is 0.352 e. The first-order valence-electron chi connectivity index (χ1n) is 10.9. The van der Waals surface area contributed by atoms with Gasteiger partial charge in [-0.15, -0.1) is 0 Å². The van der Waals surface area contributed by atoms with E-state index >= 15 is 0 Å². The number of carbonyl (C=O) groups excluding carboxylic acids is 1. The van der Waals surface area contributed by atoms with Gasteiger partial charge >= 0.3 is 0 Å². The van der Waals surface area contributed by atoms with Crippen LogP contribution in [0, 0.1) is 13.8 Å². The molecule has 3 aromatic rings. The van der Waals surface area contributed by atoms with Gasteiger partial charge in [0.05, 0.1) is 17.8 Å². The van der Waals surface area contributed by atoms with E-state index in [-0.39, 0.29) is 11.9 Å². The van der Waals surface area contributed by atoms with E-state index < -0.39 is 0 Å². The molecule has 31 heavy (non-hydrogen) atoms. The highest BCUT2D eigenvalue weighted by Crippen LogP contribution is 2.20. The number of nitrogens with one attached hydrogen (secondary N) is 1. The van der Waals surface area contributed by atoms with Crippen molar-refractivity contribution < 1.29 is 4.79 Å². The Morgan fingerprint density at radius 2 is 1.87 bits per heavy atom. The minimum Gasteiger partial charge on any atom is -0.352 e. The van der Waals surface area contributed by atoms with E-state index in [4.69, 9.17) is 11.6 Å². The Hall–Kier alpha value is -2.63. The molecule has 1 aliphatic rings. The van der Waals surface area contributed by atoms with Crippen LogP contribution in [0.25, 0.3) is 5.69 Å².